The van der Waals surface area contributed by atoms with Crippen molar-refractivity contribution in [1.29, 1.82) is 0 Å². The lowest BCUT2D eigenvalue weighted by Gasteiger charge is -2.24. The topological polar surface area (TPSA) is 53.4 Å². The maximum atomic E-state index is 12.4. The Morgan fingerprint density at radius 2 is 1.92 bits per heavy atom. The number of hydrogen-bond donors (Lipinski definition) is 1. The van der Waals surface area contributed by atoms with Crippen LogP contribution in [0.25, 0.3) is 10.9 Å². The second-order valence-electron chi connectivity index (χ2n) is 5.49. The summed E-state index contributed by atoms with van der Waals surface area (Å²) in [5, 5.41) is 11.3. The normalized spacial score (nSPS) is 17.6. The number of para-hydroxylation sites is 1. The molecule has 0 radical (unpaired) electrons. The van der Waals surface area contributed by atoms with E-state index in [2.05, 4.69) is 4.98 Å². The van der Waals surface area contributed by atoms with Crippen molar-refractivity contribution in [3.8, 4) is 5.75 Å². The van der Waals surface area contributed by atoms with Crippen LogP contribution in [0.5, 0.6) is 5.75 Å². The van der Waals surface area contributed by atoms with Crippen LogP contribution in [0, 0.1) is 0 Å². The minimum Gasteiger partial charge on any atom is -0.506 e. The van der Waals surface area contributed by atoms with E-state index >= 15 is 0 Å². The molecule has 0 bridgehead atoms. The third-order valence-electron chi connectivity index (χ3n) is 3.95. The van der Waals surface area contributed by atoms with Crippen molar-refractivity contribution in [3.63, 3.8) is 0 Å². The summed E-state index contributed by atoms with van der Waals surface area (Å²) in [5.74, 6) is 0.571. The Balaban J connectivity index is 1.78. The first-order chi connectivity index (χ1) is 11.6. The Kier molecular flexibility index (Phi) is 3.82. The molecule has 1 N–H and O–H groups in total. The average molecular weight is 357 g/mol. The van der Waals surface area contributed by atoms with Gasteiger partial charge in [0, 0.05) is 16.1 Å². The Bertz CT molecular complexity index is 930. The maximum absolute atomic E-state index is 12.4. The number of thioether (sulfide) groups is 1. The van der Waals surface area contributed by atoms with E-state index in [-0.39, 0.29) is 17.0 Å². The zero-order chi connectivity index (χ0) is 16.7. The first kappa shape index (κ1) is 15.3. The molecule has 1 saturated heterocycles. The predicted molar refractivity (Wildman–Crippen MR) is 97.5 cm³/mol. The number of benzene rings is 2. The fourth-order valence-corrected chi connectivity index (χ4v) is 4.06. The van der Waals surface area contributed by atoms with Crippen LogP contribution in [0.15, 0.2) is 54.6 Å². The third kappa shape index (κ3) is 2.60. The smallest absolute Gasteiger partial charge is 0.238 e. The van der Waals surface area contributed by atoms with E-state index in [9.17, 15) is 9.90 Å². The number of pyridine rings is 1. The molecule has 4 rings (SSSR count). The van der Waals surface area contributed by atoms with Crippen LogP contribution in [0.3, 0.4) is 0 Å². The number of carbonyl (C=O) groups excluding carboxylic acids is 1. The van der Waals surface area contributed by atoms with Gasteiger partial charge in [-0.3, -0.25) is 9.69 Å². The molecule has 2 heterocycles. The van der Waals surface area contributed by atoms with Crippen molar-refractivity contribution in [2.75, 3.05) is 10.7 Å². The van der Waals surface area contributed by atoms with Crippen LogP contribution in [0.1, 0.15) is 11.1 Å². The number of carbonyl (C=O) groups is 1. The van der Waals surface area contributed by atoms with Gasteiger partial charge in [-0.05, 0) is 36.4 Å². The highest BCUT2D eigenvalue weighted by Gasteiger charge is 2.35. The lowest BCUT2D eigenvalue weighted by atomic mass is 10.2. The molecule has 1 aliphatic heterocycles. The lowest BCUT2D eigenvalue weighted by molar-refractivity contribution is -0.115. The minimum absolute atomic E-state index is 0.0338. The average Bonchev–Trinajstić information content (AvgIpc) is 2.97. The molecule has 4 nitrogen and oxygen atoms in total. The van der Waals surface area contributed by atoms with E-state index < -0.39 is 0 Å². The van der Waals surface area contributed by atoms with E-state index in [1.54, 1.807) is 29.2 Å². The van der Waals surface area contributed by atoms with Gasteiger partial charge in [0.05, 0.1) is 11.4 Å². The number of phenols is 1. The number of anilines is 1. The molecule has 1 aliphatic rings. The van der Waals surface area contributed by atoms with Crippen molar-refractivity contribution in [3.05, 3.63) is 65.3 Å². The van der Waals surface area contributed by atoms with Gasteiger partial charge in [0.2, 0.25) is 5.91 Å². The molecule has 0 aliphatic carbocycles. The highest BCUT2D eigenvalue weighted by atomic mass is 35.5. The Hall–Kier alpha value is -2.24. The minimum atomic E-state index is -0.220. The number of halogens is 1. The number of hydrogen-bond acceptors (Lipinski definition) is 4. The first-order valence-corrected chi connectivity index (χ1v) is 8.84. The summed E-state index contributed by atoms with van der Waals surface area (Å²) in [4.78, 5) is 18.7. The van der Waals surface area contributed by atoms with Crippen LogP contribution in [-0.2, 0) is 4.79 Å². The highest BCUT2D eigenvalue weighted by molar-refractivity contribution is 8.00. The maximum Gasteiger partial charge on any atom is 0.238 e. The van der Waals surface area contributed by atoms with Gasteiger partial charge in [-0.1, -0.05) is 29.8 Å². The third-order valence-corrected chi connectivity index (χ3v) is 5.38. The summed E-state index contributed by atoms with van der Waals surface area (Å²) in [6, 6.07) is 16.3. The van der Waals surface area contributed by atoms with Crippen molar-refractivity contribution in [2.45, 2.75) is 5.37 Å². The van der Waals surface area contributed by atoms with Gasteiger partial charge < -0.3 is 5.11 Å². The second kappa shape index (κ2) is 6.00. The molecule has 0 saturated carbocycles. The number of aromatic hydroxyl groups is 1. The standard InChI is InChI=1S/C18H13ClN2O2S/c19-12-5-7-13(8-6-12)21-16(23)10-24-18(21)14-9-4-11-2-1-3-15(22)17(11)20-14/h1-9,18,22H,10H2. The molecule has 120 valence electrons. The number of phenolic OH excluding ortho intramolecular Hbond substituents is 1. The number of fused-ring (bicyclic) bond motifs is 1. The zero-order valence-corrected chi connectivity index (χ0v) is 14.1. The van der Waals surface area contributed by atoms with Gasteiger partial charge in [0.25, 0.3) is 0 Å². The summed E-state index contributed by atoms with van der Waals surface area (Å²) in [6.07, 6.45) is 0. The van der Waals surface area contributed by atoms with E-state index in [1.165, 1.54) is 11.8 Å². The van der Waals surface area contributed by atoms with Gasteiger partial charge in [-0.2, -0.15) is 0 Å². The summed E-state index contributed by atoms with van der Waals surface area (Å²) < 4.78 is 0. The zero-order valence-electron chi connectivity index (χ0n) is 12.5. The molecule has 1 fully saturated rings. The number of amides is 1. The van der Waals surface area contributed by atoms with Crippen LogP contribution < -0.4 is 4.90 Å². The second-order valence-corrected chi connectivity index (χ2v) is 6.99. The molecule has 1 atom stereocenters. The molecule has 6 heteroatoms. The number of aromatic nitrogens is 1. The molecular formula is C18H13ClN2O2S. The van der Waals surface area contributed by atoms with Crippen molar-refractivity contribution < 1.29 is 9.90 Å². The molecule has 0 spiro atoms. The molecular weight excluding hydrogens is 344 g/mol. The summed E-state index contributed by atoms with van der Waals surface area (Å²) in [5.41, 5.74) is 2.08. The largest absolute Gasteiger partial charge is 0.506 e. The van der Waals surface area contributed by atoms with Crippen LogP contribution in [0.4, 0.5) is 5.69 Å². The molecule has 24 heavy (non-hydrogen) atoms. The summed E-state index contributed by atoms with van der Waals surface area (Å²) >= 11 is 7.47. The first-order valence-electron chi connectivity index (χ1n) is 7.41. The van der Waals surface area contributed by atoms with Crippen LogP contribution in [0.2, 0.25) is 5.02 Å². The Morgan fingerprint density at radius 3 is 2.71 bits per heavy atom. The van der Waals surface area contributed by atoms with Crippen LogP contribution >= 0.6 is 23.4 Å². The quantitative estimate of drug-likeness (QED) is 0.740. The fraction of sp³-hybridized carbons (Fsp3) is 0.111. The highest BCUT2D eigenvalue weighted by Crippen LogP contribution is 2.42. The number of nitrogens with zero attached hydrogens (tertiary/aromatic N) is 2. The van der Waals surface area contributed by atoms with Gasteiger partial charge in [-0.25, -0.2) is 4.98 Å². The molecule has 2 aromatic carbocycles. The predicted octanol–water partition coefficient (Wildman–Crippen LogP) is 4.37. The summed E-state index contributed by atoms with van der Waals surface area (Å²) in [7, 11) is 0. The SMILES string of the molecule is O=C1CSC(c2ccc3cccc(O)c3n2)N1c1ccc(Cl)cc1. The monoisotopic (exact) mass is 356 g/mol. The van der Waals surface area contributed by atoms with E-state index in [4.69, 9.17) is 11.6 Å². The Morgan fingerprint density at radius 1 is 1.12 bits per heavy atom. The Labute approximate surface area is 148 Å². The van der Waals surface area contributed by atoms with E-state index in [0.29, 0.717) is 16.3 Å². The van der Waals surface area contributed by atoms with Gasteiger partial charge in [0.1, 0.15) is 16.6 Å². The number of rotatable bonds is 2. The summed E-state index contributed by atoms with van der Waals surface area (Å²) in [6.45, 7) is 0. The van der Waals surface area contributed by atoms with Crippen molar-refractivity contribution in [1.82, 2.24) is 4.98 Å². The van der Waals surface area contributed by atoms with Crippen LogP contribution in [-0.4, -0.2) is 21.8 Å². The van der Waals surface area contributed by atoms with Gasteiger partial charge >= 0.3 is 0 Å². The molecule has 1 aromatic heterocycles. The fourth-order valence-electron chi connectivity index (χ4n) is 2.81. The molecule has 3 aromatic rings. The van der Waals surface area contributed by atoms with Crippen molar-refractivity contribution >= 4 is 45.9 Å². The van der Waals surface area contributed by atoms with E-state index in [0.717, 1.165) is 16.8 Å². The van der Waals surface area contributed by atoms with Gasteiger partial charge in [-0.15, -0.1) is 11.8 Å². The molecule has 1 unspecified atom stereocenters. The lowest BCUT2D eigenvalue weighted by Crippen LogP contribution is -2.28. The molecule has 1 amide bonds. The van der Waals surface area contributed by atoms with Gasteiger partial charge in [0.15, 0.2) is 0 Å². The van der Waals surface area contributed by atoms with E-state index in [1.807, 2.05) is 30.3 Å². The van der Waals surface area contributed by atoms with Crippen molar-refractivity contribution in [2.24, 2.45) is 0 Å².